The number of carbonyl (C=O) groups is 1. The minimum Gasteiger partial charge on any atom is -0.506 e. The summed E-state index contributed by atoms with van der Waals surface area (Å²) >= 11 is 0. The van der Waals surface area contributed by atoms with Crippen molar-refractivity contribution in [3.63, 3.8) is 0 Å². The van der Waals surface area contributed by atoms with E-state index in [9.17, 15) is 15.0 Å². The molecule has 3 rings (SSSR count). The second kappa shape index (κ2) is 5.05. The van der Waals surface area contributed by atoms with E-state index in [0.29, 0.717) is 25.1 Å². The van der Waals surface area contributed by atoms with Crippen molar-refractivity contribution in [3.05, 3.63) is 24.0 Å². The SMILES string of the molecule is O=C(c1cncc(O)c1)N1CCC2(O)CCCCC2C1. The Kier molecular flexibility index (Phi) is 3.38. The van der Waals surface area contributed by atoms with Crippen LogP contribution in [0.25, 0.3) is 0 Å². The van der Waals surface area contributed by atoms with Gasteiger partial charge in [0, 0.05) is 25.2 Å². The van der Waals surface area contributed by atoms with Gasteiger partial charge in [-0.05, 0) is 25.3 Å². The predicted octanol–water partition coefficient (Wildman–Crippen LogP) is 1.55. The second-order valence-electron chi connectivity index (χ2n) is 5.98. The summed E-state index contributed by atoms with van der Waals surface area (Å²) in [6.07, 6.45) is 7.48. The summed E-state index contributed by atoms with van der Waals surface area (Å²) in [5.41, 5.74) is -0.169. The Labute approximate surface area is 118 Å². The first kappa shape index (κ1) is 13.4. The number of pyridine rings is 1. The largest absolute Gasteiger partial charge is 0.506 e. The van der Waals surface area contributed by atoms with Gasteiger partial charge in [0.25, 0.3) is 5.91 Å². The molecular weight excluding hydrogens is 256 g/mol. The number of rotatable bonds is 1. The van der Waals surface area contributed by atoms with Gasteiger partial charge in [0.1, 0.15) is 5.75 Å². The Morgan fingerprint density at radius 2 is 2.20 bits per heavy atom. The van der Waals surface area contributed by atoms with Gasteiger partial charge in [-0.2, -0.15) is 0 Å². The van der Waals surface area contributed by atoms with Crippen LogP contribution in [0.3, 0.4) is 0 Å². The second-order valence-corrected chi connectivity index (χ2v) is 5.98. The molecule has 0 spiro atoms. The normalized spacial score (nSPS) is 29.9. The van der Waals surface area contributed by atoms with Crippen molar-refractivity contribution in [1.82, 2.24) is 9.88 Å². The van der Waals surface area contributed by atoms with Gasteiger partial charge in [-0.15, -0.1) is 0 Å². The Balaban J connectivity index is 1.74. The van der Waals surface area contributed by atoms with Crippen molar-refractivity contribution >= 4 is 5.91 Å². The van der Waals surface area contributed by atoms with Crippen molar-refractivity contribution in [2.75, 3.05) is 13.1 Å². The third-order valence-corrected chi connectivity index (χ3v) is 4.69. The monoisotopic (exact) mass is 276 g/mol. The molecule has 5 nitrogen and oxygen atoms in total. The number of piperidine rings is 1. The summed E-state index contributed by atoms with van der Waals surface area (Å²) < 4.78 is 0. The lowest BCUT2D eigenvalue weighted by Gasteiger charge is -2.47. The van der Waals surface area contributed by atoms with Crippen LogP contribution >= 0.6 is 0 Å². The van der Waals surface area contributed by atoms with Gasteiger partial charge < -0.3 is 15.1 Å². The van der Waals surface area contributed by atoms with E-state index < -0.39 is 5.60 Å². The molecule has 2 heterocycles. The molecule has 2 N–H and O–H groups in total. The lowest BCUT2D eigenvalue weighted by atomic mass is 9.71. The van der Waals surface area contributed by atoms with E-state index in [0.717, 1.165) is 25.7 Å². The molecule has 1 aromatic heterocycles. The third kappa shape index (κ3) is 2.38. The average Bonchev–Trinajstić information content (AvgIpc) is 2.45. The van der Waals surface area contributed by atoms with Gasteiger partial charge >= 0.3 is 0 Å². The fraction of sp³-hybridized carbons (Fsp3) is 0.600. The molecule has 108 valence electrons. The summed E-state index contributed by atoms with van der Waals surface area (Å²) in [5, 5.41) is 20.0. The molecule has 0 radical (unpaired) electrons. The molecule has 1 aromatic rings. The topological polar surface area (TPSA) is 73.7 Å². The smallest absolute Gasteiger partial charge is 0.255 e. The number of aromatic hydroxyl groups is 1. The highest BCUT2D eigenvalue weighted by Gasteiger charge is 2.43. The third-order valence-electron chi connectivity index (χ3n) is 4.69. The number of amides is 1. The number of aromatic nitrogens is 1. The molecule has 20 heavy (non-hydrogen) atoms. The van der Waals surface area contributed by atoms with Crippen LogP contribution in [0.4, 0.5) is 0 Å². The molecule has 1 saturated carbocycles. The fourth-order valence-electron chi connectivity index (χ4n) is 3.48. The number of hydrogen-bond donors (Lipinski definition) is 2. The summed E-state index contributed by atoms with van der Waals surface area (Å²) in [5.74, 6) is 0.0715. The van der Waals surface area contributed by atoms with Crippen LogP contribution < -0.4 is 0 Å². The quantitative estimate of drug-likeness (QED) is 0.816. The van der Waals surface area contributed by atoms with Crippen LogP contribution in [0.5, 0.6) is 5.75 Å². The standard InChI is InChI=1S/C15H20N2O3/c18-13-7-11(8-16-9-13)14(19)17-6-5-15(20)4-2-1-3-12(15)10-17/h7-9,12,18,20H,1-6,10H2. The Morgan fingerprint density at radius 3 is 3.00 bits per heavy atom. The molecule has 2 atom stereocenters. The number of carbonyl (C=O) groups excluding carboxylic acids is 1. The molecular formula is C15H20N2O3. The Morgan fingerprint density at radius 1 is 1.35 bits per heavy atom. The summed E-state index contributed by atoms with van der Waals surface area (Å²) in [7, 11) is 0. The molecule has 1 aliphatic carbocycles. The van der Waals surface area contributed by atoms with Crippen molar-refractivity contribution in [2.24, 2.45) is 5.92 Å². The first-order chi connectivity index (χ1) is 9.58. The maximum Gasteiger partial charge on any atom is 0.255 e. The highest BCUT2D eigenvalue weighted by Crippen LogP contribution is 2.40. The molecule has 0 bridgehead atoms. The first-order valence-electron chi connectivity index (χ1n) is 7.24. The van der Waals surface area contributed by atoms with Crippen LogP contribution in [-0.2, 0) is 0 Å². The van der Waals surface area contributed by atoms with E-state index in [1.807, 2.05) is 0 Å². The summed E-state index contributed by atoms with van der Waals surface area (Å²) in [6.45, 7) is 1.17. The van der Waals surface area contributed by atoms with Crippen molar-refractivity contribution in [3.8, 4) is 5.75 Å². The van der Waals surface area contributed by atoms with E-state index in [1.54, 1.807) is 4.90 Å². The summed E-state index contributed by atoms with van der Waals surface area (Å²) in [6, 6.07) is 1.44. The average molecular weight is 276 g/mol. The number of aliphatic hydroxyl groups is 1. The van der Waals surface area contributed by atoms with Gasteiger partial charge in [0.2, 0.25) is 0 Å². The van der Waals surface area contributed by atoms with Gasteiger partial charge in [0.05, 0.1) is 17.4 Å². The van der Waals surface area contributed by atoms with Crippen LogP contribution in [-0.4, -0.2) is 44.7 Å². The van der Waals surface area contributed by atoms with Crippen molar-refractivity contribution in [1.29, 1.82) is 0 Å². The van der Waals surface area contributed by atoms with Crippen molar-refractivity contribution in [2.45, 2.75) is 37.7 Å². The van der Waals surface area contributed by atoms with E-state index in [4.69, 9.17) is 0 Å². The van der Waals surface area contributed by atoms with Crippen molar-refractivity contribution < 1.29 is 15.0 Å². The number of likely N-dealkylation sites (tertiary alicyclic amines) is 1. The Bertz CT molecular complexity index is 520. The van der Waals surface area contributed by atoms with Gasteiger partial charge in [0.15, 0.2) is 0 Å². The lowest BCUT2D eigenvalue weighted by molar-refractivity contribution is -0.0886. The van der Waals surface area contributed by atoms with Crippen LogP contribution in [0.2, 0.25) is 0 Å². The molecule has 0 aromatic carbocycles. The molecule has 2 fully saturated rings. The molecule has 2 unspecified atom stereocenters. The fourth-order valence-corrected chi connectivity index (χ4v) is 3.48. The van der Waals surface area contributed by atoms with Gasteiger partial charge in [-0.3, -0.25) is 9.78 Å². The highest BCUT2D eigenvalue weighted by molar-refractivity contribution is 5.94. The first-order valence-corrected chi connectivity index (χ1v) is 7.24. The zero-order valence-corrected chi connectivity index (χ0v) is 11.5. The minimum absolute atomic E-state index is 0.00188. The maximum atomic E-state index is 12.4. The maximum absolute atomic E-state index is 12.4. The van der Waals surface area contributed by atoms with Gasteiger partial charge in [-0.1, -0.05) is 12.8 Å². The van der Waals surface area contributed by atoms with E-state index in [2.05, 4.69) is 4.98 Å². The zero-order valence-electron chi connectivity index (χ0n) is 11.5. The van der Waals surface area contributed by atoms with Crippen LogP contribution in [0.1, 0.15) is 42.5 Å². The predicted molar refractivity (Wildman–Crippen MR) is 73.3 cm³/mol. The molecule has 2 aliphatic rings. The van der Waals surface area contributed by atoms with E-state index >= 15 is 0 Å². The van der Waals surface area contributed by atoms with Gasteiger partial charge in [-0.25, -0.2) is 0 Å². The van der Waals surface area contributed by atoms with E-state index in [1.165, 1.54) is 18.5 Å². The van der Waals surface area contributed by atoms with Crippen LogP contribution in [0.15, 0.2) is 18.5 Å². The molecule has 1 aliphatic heterocycles. The minimum atomic E-state index is -0.577. The number of hydrogen-bond acceptors (Lipinski definition) is 4. The highest BCUT2D eigenvalue weighted by atomic mass is 16.3. The lowest BCUT2D eigenvalue weighted by Crippen LogP contribution is -2.54. The molecule has 5 heteroatoms. The number of nitrogens with zero attached hydrogens (tertiary/aromatic N) is 2. The Hall–Kier alpha value is -1.62. The summed E-state index contributed by atoms with van der Waals surface area (Å²) in [4.78, 5) is 18.1. The van der Waals surface area contributed by atoms with E-state index in [-0.39, 0.29) is 17.6 Å². The van der Waals surface area contributed by atoms with Crippen LogP contribution in [0, 0.1) is 5.92 Å². The molecule has 1 saturated heterocycles. The number of fused-ring (bicyclic) bond motifs is 1. The molecule has 1 amide bonds. The zero-order chi connectivity index (χ0) is 14.2.